The number of ether oxygens (including phenoxy) is 1. The molecule has 0 radical (unpaired) electrons. The Hall–Kier alpha value is -1.10. The molecular weight excluding hydrogens is 210 g/mol. The van der Waals surface area contributed by atoms with Crippen LogP contribution < -0.4 is 5.32 Å². The van der Waals surface area contributed by atoms with Gasteiger partial charge >= 0.3 is 5.97 Å². The van der Waals surface area contributed by atoms with Crippen LogP contribution in [0.25, 0.3) is 0 Å². The average Bonchev–Trinajstić information content (AvgIpc) is 2.89. The summed E-state index contributed by atoms with van der Waals surface area (Å²) < 4.78 is 5.11. The summed E-state index contributed by atoms with van der Waals surface area (Å²) in [5, 5.41) is 11.6. The standard InChI is InChI=1S/C11H17NO4/c13-10(8-3-4-16-6-8)12-9(11(14)15)5-7-1-2-7/h7-9H,1-6H2,(H,12,13)(H,14,15). The largest absolute Gasteiger partial charge is 0.480 e. The summed E-state index contributed by atoms with van der Waals surface area (Å²) in [5.74, 6) is -0.785. The number of carbonyl (C=O) groups is 2. The molecule has 2 atom stereocenters. The normalized spacial score (nSPS) is 26.4. The third kappa shape index (κ3) is 2.95. The molecule has 5 nitrogen and oxygen atoms in total. The van der Waals surface area contributed by atoms with E-state index in [1.807, 2.05) is 0 Å². The van der Waals surface area contributed by atoms with Crippen LogP contribution in [0, 0.1) is 11.8 Å². The van der Waals surface area contributed by atoms with Crippen molar-refractivity contribution in [3.63, 3.8) is 0 Å². The first-order chi connectivity index (χ1) is 7.66. The predicted molar refractivity (Wildman–Crippen MR) is 55.8 cm³/mol. The van der Waals surface area contributed by atoms with Gasteiger partial charge in [0.2, 0.25) is 5.91 Å². The molecule has 1 saturated carbocycles. The lowest BCUT2D eigenvalue weighted by Crippen LogP contribution is -2.44. The van der Waals surface area contributed by atoms with Crippen LogP contribution >= 0.6 is 0 Å². The lowest BCUT2D eigenvalue weighted by Gasteiger charge is -2.16. The smallest absolute Gasteiger partial charge is 0.326 e. The van der Waals surface area contributed by atoms with Crippen LogP contribution in [0.15, 0.2) is 0 Å². The quantitative estimate of drug-likeness (QED) is 0.712. The van der Waals surface area contributed by atoms with Crippen molar-refractivity contribution in [2.75, 3.05) is 13.2 Å². The Morgan fingerprint density at radius 3 is 2.62 bits per heavy atom. The number of carboxylic acid groups (broad SMARTS) is 1. The van der Waals surface area contributed by atoms with Crippen molar-refractivity contribution in [1.82, 2.24) is 5.32 Å². The maximum absolute atomic E-state index is 11.7. The van der Waals surface area contributed by atoms with Gasteiger partial charge in [-0.15, -0.1) is 0 Å². The number of aliphatic carboxylic acids is 1. The fraction of sp³-hybridized carbons (Fsp3) is 0.818. The number of carboxylic acids is 1. The Morgan fingerprint density at radius 2 is 2.12 bits per heavy atom. The van der Waals surface area contributed by atoms with Gasteiger partial charge in [0, 0.05) is 6.61 Å². The molecule has 5 heteroatoms. The molecule has 1 amide bonds. The highest BCUT2D eigenvalue weighted by Crippen LogP contribution is 2.33. The van der Waals surface area contributed by atoms with E-state index in [0.29, 0.717) is 32.0 Å². The van der Waals surface area contributed by atoms with Gasteiger partial charge in [0.1, 0.15) is 6.04 Å². The predicted octanol–water partition coefficient (Wildman–Crippen LogP) is 0.392. The first-order valence-electron chi connectivity index (χ1n) is 5.77. The molecule has 90 valence electrons. The Labute approximate surface area is 94.2 Å². The van der Waals surface area contributed by atoms with Gasteiger partial charge in [-0.1, -0.05) is 12.8 Å². The molecule has 2 N–H and O–H groups in total. The van der Waals surface area contributed by atoms with E-state index in [0.717, 1.165) is 12.8 Å². The monoisotopic (exact) mass is 227 g/mol. The van der Waals surface area contributed by atoms with Crippen molar-refractivity contribution < 1.29 is 19.4 Å². The topological polar surface area (TPSA) is 75.6 Å². The van der Waals surface area contributed by atoms with Crippen LogP contribution in [0.2, 0.25) is 0 Å². The van der Waals surface area contributed by atoms with Crippen molar-refractivity contribution in [3.05, 3.63) is 0 Å². The van der Waals surface area contributed by atoms with Gasteiger partial charge in [0.15, 0.2) is 0 Å². The Bertz CT molecular complexity index is 282. The van der Waals surface area contributed by atoms with Gasteiger partial charge < -0.3 is 15.2 Å². The van der Waals surface area contributed by atoms with E-state index in [1.54, 1.807) is 0 Å². The van der Waals surface area contributed by atoms with Gasteiger partial charge in [0.25, 0.3) is 0 Å². The second kappa shape index (κ2) is 4.82. The highest BCUT2D eigenvalue weighted by Gasteiger charge is 2.32. The number of rotatable bonds is 5. The molecule has 2 aliphatic rings. The van der Waals surface area contributed by atoms with E-state index < -0.39 is 12.0 Å². The Morgan fingerprint density at radius 1 is 1.38 bits per heavy atom. The van der Waals surface area contributed by atoms with Crippen molar-refractivity contribution in [3.8, 4) is 0 Å². The fourth-order valence-electron chi connectivity index (χ4n) is 1.94. The van der Waals surface area contributed by atoms with Crippen molar-refractivity contribution in [1.29, 1.82) is 0 Å². The zero-order valence-electron chi connectivity index (χ0n) is 9.15. The van der Waals surface area contributed by atoms with Crippen LogP contribution in [0.1, 0.15) is 25.7 Å². The summed E-state index contributed by atoms with van der Waals surface area (Å²) in [5.41, 5.74) is 0. The Kier molecular flexibility index (Phi) is 3.43. The summed E-state index contributed by atoms with van der Waals surface area (Å²) in [7, 11) is 0. The summed E-state index contributed by atoms with van der Waals surface area (Å²) >= 11 is 0. The van der Waals surface area contributed by atoms with E-state index >= 15 is 0 Å². The molecule has 0 aromatic carbocycles. The molecule has 16 heavy (non-hydrogen) atoms. The van der Waals surface area contributed by atoms with Crippen molar-refractivity contribution in [2.24, 2.45) is 11.8 Å². The molecule has 0 aromatic heterocycles. The van der Waals surface area contributed by atoms with E-state index in [1.165, 1.54) is 0 Å². The minimum Gasteiger partial charge on any atom is -0.480 e. The van der Waals surface area contributed by atoms with Crippen molar-refractivity contribution >= 4 is 11.9 Å². The lowest BCUT2D eigenvalue weighted by atomic mass is 10.1. The molecule has 1 aliphatic heterocycles. The van der Waals surface area contributed by atoms with E-state index in [-0.39, 0.29) is 11.8 Å². The maximum Gasteiger partial charge on any atom is 0.326 e. The number of hydrogen-bond donors (Lipinski definition) is 2. The van der Waals surface area contributed by atoms with E-state index in [2.05, 4.69) is 5.32 Å². The van der Waals surface area contributed by atoms with Gasteiger partial charge in [-0.05, 0) is 18.8 Å². The SMILES string of the molecule is O=C(NC(CC1CC1)C(=O)O)C1CCOC1. The van der Waals surface area contributed by atoms with Gasteiger partial charge in [-0.3, -0.25) is 4.79 Å². The molecule has 1 saturated heterocycles. The third-order valence-electron chi connectivity index (χ3n) is 3.18. The minimum absolute atomic E-state index is 0.166. The molecule has 2 unspecified atom stereocenters. The van der Waals surface area contributed by atoms with Crippen LogP contribution in [0.4, 0.5) is 0 Å². The van der Waals surface area contributed by atoms with E-state index in [9.17, 15) is 9.59 Å². The second-order valence-electron chi connectivity index (χ2n) is 4.64. The first-order valence-corrected chi connectivity index (χ1v) is 5.77. The van der Waals surface area contributed by atoms with Crippen LogP contribution in [-0.4, -0.2) is 36.2 Å². The zero-order chi connectivity index (χ0) is 11.5. The summed E-state index contributed by atoms with van der Waals surface area (Å²) in [4.78, 5) is 22.7. The van der Waals surface area contributed by atoms with Gasteiger partial charge in [-0.25, -0.2) is 4.79 Å². The van der Waals surface area contributed by atoms with E-state index in [4.69, 9.17) is 9.84 Å². The minimum atomic E-state index is -0.931. The van der Waals surface area contributed by atoms with Gasteiger partial charge in [-0.2, -0.15) is 0 Å². The summed E-state index contributed by atoms with van der Waals surface area (Å²) in [6.07, 6.45) is 3.44. The maximum atomic E-state index is 11.7. The number of amides is 1. The highest BCUT2D eigenvalue weighted by atomic mass is 16.5. The molecular formula is C11H17NO4. The zero-order valence-corrected chi connectivity index (χ0v) is 9.15. The second-order valence-corrected chi connectivity index (χ2v) is 4.64. The van der Waals surface area contributed by atoms with Gasteiger partial charge in [0.05, 0.1) is 12.5 Å². The van der Waals surface area contributed by atoms with Crippen LogP contribution in [-0.2, 0) is 14.3 Å². The molecule has 1 heterocycles. The number of hydrogen-bond acceptors (Lipinski definition) is 3. The number of carbonyl (C=O) groups excluding carboxylic acids is 1. The summed E-state index contributed by atoms with van der Waals surface area (Å²) in [6.45, 7) is 1.01. The molecule has 0 aromatic rings. The molecule has 0 bridgehead atoms. The van der Waals surface area contributed by atoms with Crippen molar-refractivity contribution in [2.45, 2.75) is 31.7 Å². The molecule has 0 spiro atoms. The molecule has 2 rings (SSSR count). The highest BCUT2D eigenvalue weighted by molar-refractivity contribution is 5.85. The lowest BCUT2D eigenvalue weighted by molar-refractivity contribution is -0.142. The number of nitrogens with one attached hydrogen (secondary N) is 1. The fourth-order valence-corrected chi connectivity index (χ4v) is 1.94. The van der Waals surface area contributed by atoms with Crippen LogP contribution in [0.5, 0.6) is 0 Å². The third-order valence-corrected chi connectivity index (χ3v) is 3.18. The first kappa shape index (κ1) is 11.4. The van der Waals surface area contributed by atoms with Crippen LogP contribution in [0.3, 0.4) is 0 Å². The molecule has 1 aliphatic carbocycles. The molecule has 2 fully saturated rings. The Balaban J connectivity index is 1.83. The summed E-state index contributed by atoms with van der Waals surface area (Å²) in [6, 6.07) is -0.722. The average molecular weight is 227 g/mol.